The number of benzene rings is 1. The van der Waals surface area contributed by atoms with Gasteiger partial charge in [0.25, 0.3) is 0 Å². The first-order valence-corrected chi connectivity index (χ1v) is 11.6. The zero-order chi connectivity index (χ0) is 23.2. The minimum atomic E-state index is -0.333. The van der Waals surface area contributed by atoms with E-state index in [1.807, 2.05) is 36.5 Å². The van der Waals surface area contributed by atoms with Gasteiger partial charge in [-0.05, 0) is 55.3 Å². The van der Waals surface area contributed by atoms with E-state index in [1.54, 1.807) is 14.0 Å². The number of methoxy groups -OCH3 is 1. The Kier molecular flexibility index (Phi) is 5.62. The smallest absolute Gasteiger partial charge is 0.220 e. The highest BCUT2D eigenvalue weighted by Crippen LogP contribution is 2.50. The molecule has 1 fully saturated rings. The SMILES string of the molecule is COc1ccc2c3c(n(C)c2c1)[C@H](CO)N(C(C)=O)CC31CCN(Cc2cccnc2)CC1. The Labute approximate surface area is 194 Å². The lowest BCUT2D eigenvalue weighted by molar-refractivity contribution is -0.135. The van der Waals surface area contributed by atoms with E-state index in [1.165, 1.54) is 16.5 Å². The third-order valence-corrected chi connectivity index (χ3v) is 7.67. The lowest BCUT2D eigenvalue weighted by Gasteiger charge is -2.50. The highest BCUT2D eigenvalue weighted by Gasteiger charge is 2.48. The van der Waals surface area contributed by atoms with Gasteiger partial charge >= 0.3 is 0 Å². The number of aliphatic hydroxyl groups excluding tert-OH is 1. The number of nitrogens with zero attached hydrogens (tertiary/aromatic N) is 4. The van der Waals surface area contributed by atoms with E-state index in [-0.39, 0.29) is 24.0 Å². The lowest BCUT2D eigenvalue weighted by atomic mass is 9.68. The molecule has 0 aliphatic carbocycles. The molecule has 1 saturated heterocycles. The maximum atomic E-state index is 12.7. The summed E-state index contributed by atoms with van der Waals surface area (Å²) in [7, 11) is 3.72. The summed E-state index contributed by atoms with van der Waals surface area (Å²) in [4.78, 5) is 21.3. The summed E-state index contributed by atoms with van der Waals surface area (Å²) in [6.45, 7) is 4.97. The van der Waals surface area contributed by atoms with Crippen LogP contribution in [0, 0.1) is 0 Å². The normalized spacial score (nSPS) is 20.2. The fourth-order valence-electron chi connectivity index (χ4n) is 5.99. The van der Waals surface area contributed by atoms with Gasteiger partial charge in [-0.1, -0.05) is 6.07 Å². The molecule has 174 valence electrons. The van der Waals surface area contributed by atoms with E-state index in [0.29, 0.717) is 6.54 Å². The van der Waals surface area contributed by atoms with Gasteiger partial charge in [0, 0.05) is 62.0 Å². The number of ether oxygens (including phenoxy) is 1. The van der Waals surface area contributed by atoms with Crippen LogP contribution in [0.1, 0.15) is 42.6 Å². The Morgan fingerprint density at radius 1 is 1.27 bits per heavy atom. The number of carbonyl (C=O) groups excluding carboxylic acids is 1. The first kappa shape index (κ1) is 21.9. The van der Waals surface area contributed by atoms with Gasteiger partial charge in [-0.3, -0.25) is 14.7 Å². The van der Waals surface area contributed by atoms with Gasteiger partial charge in [-0.2, -0.15) is 0 Å². The Morgan fingerprint density at radius 2 is 2.06 bits per heavy atom. The summed E-state index contributed by atoms with van der Waals surface area (Å²) in [6, 6.07) is 10.00. The van der Waals surface area contributed by atoms with Crippen molar-refractivity contribution in [2.24, 2.45) is 7.05 Å². The number of fused-ring (bicyclic) bond motifs is 4. The van der Waals surface area contributed by atoms with Gasteiger partial charge in [-0.25, -0.2) is 0 Å². The van der Waals surface area contributed by atoms with Gasteiger partial charge < -0.3 is 19.3 Å². The van der Waals surface area contributed by atoms with Crippen LogP contribution in [0.25, 0.3) is 10.9 Å². The molecule has 3 aromatic rings. The van der Waals surface area contributed by atoms with Crippen LogP contribution in [0.2, 0.25) is 0 Å². The molecule has 0 unspecified atom stereocenters. The van der Waals surface area contributed by atoms with Crippen molar-refractivity contribution < 1.29 is 14.6 Å². The molecule has 2 aromatic heterocycles. The summed E-state index contributed by atoms with van der Waals surface area (Å²) < 4.78 is 7.65. The first-order valence-electron chi connectivity index (χ1n) is 11.6. The summed E-state index contributed by atoms with van der Waals surface area (Å²) in [5.41, 5.74) is 4.54. The van der Waals surface area contributed by atoms with E-state index in [2.05, 4.69) is 32.7 Å². The minimum Gasteiger partial charge on any atom is -0.497 e. The standard InChI is InChI=1S/C26H32N4O3/c1-18(32)30-17-26(8-11-29(12-9-26)15-19-5-4-10-27-14-19)24-21-7-6-20(33-3)13-22(21)28(2)25(24)23(30)16-31/h4-7,10,13-14,23,31H,8-9,11-12,15-17H2,1-3H3/t23-/m0/s1. The molecule has 1 spiro atoms. The average molecular weight is 449 g/mol. The zero-order valence-corrected chi connectivity index (χ0v) is 19.6. The third kappa shape index (κ3) is 3.60. The van der Waals surface area contributed by atoms with Crippen LogP contribution in [-0.4, -0.2) is 63.7 Å². The largest absolute Gasteiger partial charge is 0.497 e. The summed E-state index contributed by atoms with van der Waals surface area (Å²) >= 11 is 0. The average Bonchev–Trinajstić information content (AvgIpc) is 3.14. The molecule has 1 aromatic carbocycles. The maximum Gasteiger partial charge on any atom is 0.220 e. The van der Waals surface area contributed by atoms with Gasteiger partial charge in [0.05, 0.1) is 25.3 Å². The number of hydrogen-bond acceptors (Lipinski definition) is 5. The molecular formula is C26H32N4O3. The van der Waals surface area contributed by atoms with Gasteiger partial charge in [0.1, 0.15) is 5.75 Å². The van der Waals surface area contributed by atoms with E-state index in [9.17, 15) is 9.90 Å². The van der Waals surface area contributed by atoms with Gasteiger partial charge in [-0.15, -0.1) is 0 Å². The Balaban J connectivity index is 1.57. The van der Waals surface area contributed by atoms with E-state index >= 15 is 0 Å². The summed E-state index contributed by atoms with van der Waals surface area (Å²) in [5, 5.41) is 11.6. The molecule has 7 heteroatoms. The van der Waals surface area contributed by atoms with Crippen molar-refractivity contribution in [3.8, 4) is 5.75 Å². The molecule has 2 aliphatic rings. The van der Waals surface area contributed by atoms with Crippen LogP contribution in [-0.2, 0) is 23.8 Å². The van der Waals surface area contributed by atoms with Crippen molar-refractivity contribution in [3.05, 3.63) is 59.5 Å². The number of aryl methyl sites for hydroxylation is 1. The molecule has 1 N–H and O–H groups in total. The molecule has 0 radical (unpaired) electrons. The van der Waals surface area contributed by atoms with Crippen molar-refractivity contribution in [1.29, 1.82) is 0 Å². The Bertz CT molecular complexity index is 1170. The second-order valence-corrected chi connectivity index (χ2v) is 9.47. The van der Waals surface area contributed by atoms with Crippen molar-refractivity contribution >= 4 is 16.8 Å². The van der Waals surface area contributed by atoms with Crippen LogP contribution in [0.4, 0.5) is 0 Å². The van der Waals surface area contributed by atoms with Gasteiger partial charge in [0.15, 0.2) is 0 Å². The number of aliphatic hydroxyl groups is 1. The fourth-order valence-corrected chi connectivity index (χ4v) is 5.99. The highest BCUT2D eigenvalue weighted by molar-refractivity contribution is 5.89. The summed E-state index contributed by atoms with van der Waals surface area (Å²) in [5.74, 6) is 0.824. The number of likely N-dealkylation sites (tertiary alicyclic amines) is 1. The molecule has 2 aliphatic heterocycles. The monoisotopic (exact) mass is 448 g/mol. The molecule has 0 saturated carbocycles. The fraction of sp³-hybridized carbons (Fsp3) is 0.462. The lowest BCUT2D eigenvalue weighted by Crippen LogP contribution is -2.55. The number of amides is 1. The second-order valence-electron chi connectivity index (χ2n) is 9.47. The molecule has 1 amide bonds. The molecule has 7 nitrogen and oxygen atoms in total. The molecule has 5 rings (SSSR count). The van der Waals surface area contributed by atoms with Gasteiger partial charge in [0.2, 0.25) is 5.91 Å². The molecular weight excluding hydrogens is 416 g/mol. The third-order valence-electron chi connectivity index (χ3n) is 7.67. The van der Waals surface area contributed by atoms with Crippen LogP contribution < -0.4 is 4.74 Å². The Hall–Kier alpha value is -2.90. The topological polar surface area (TPSA) is 70.8 Å². The predicted molar refractivity (Wildman–Crippen MR) is 127 cm³/mol. The number of carbonyl (C=O) groups is 1. The number of aromatic nitrogens is 2. The quantitative estimate of drug-likeness (QED) is 0.664. The molecule has 33 heavy (non-hydrogen) atoms. The van der Waals surface area contributed by atoms with Crippen LogP contribution >= 0.6 is 0 Å². The Morgan fingerprint density at radius 3 is 2.70 bits per heavy atom. The van der Waals surface area contributed by atoms with Crippen LogP contribution in [0.3, 0.4) is 0 Å². The molecule has 0 bridgehead atoms. The van der Waals surface area contributed by atoms with Crippen molar-refractivity contribution in [3.63, 3.8) is 0 Å². The van der Waals surface area contributed by atoms with E-state index in [0.717, 1.165) is 49.4 Å². The zero-order valence-electron chi connectivity index (χ0n) is 19.6. The maximum absolute atomic E-state index is 12.7. The van der Waals surface area contributed by atoms with Crippen LogP contribution in [0.5, 0.6) is 5.75 Å². The van der Waals surface area contributed by atoms with Crippen molar-refractivity contribution in [2.75, 3.05) is 33.4 Å². The van der Waals surface area contributed by atoms with Crippen LogP contribution in [0.15, 0.2) is 42.7 Å². The second kappa shape index (κ2) is 8.47. The molecule has 4 heterocycles. The predicted octanol–water partition coefficient (Wildman–Crippen LogP) is 3.01. The first-order chi connectivity index (χ1) is 16.0. The number of rotatable bonds is 4. The minimum absolute atomic E-state index is 0.0136. The van der Waals surface area contributed by atoms with E-state index in [4.69, 9.17) is 4.74 Å². The van der Waals surface area contributed by atoms with Crippen molar-refractivity contribution in [1.82, 2.24) is 19.4 Å². The molecule has 1 atom stereocenters. The number of hydrogen-bond donors (Lipinski definition) is 1. The van der Waals surface area contributed by atoms with E-state index < -0.39 is 0 Å². The highest BCUT2D eigenvalue weighted by atomic mass is 16.5. The number of piperidine rings is 1. The number of pyridine rings is 1. The van der Waals surface area contributed by atoms with Crippen molar-refractivity contribution in [2.45, 2.75) is 37.8 Å². The summed E-state index contributed by atoms with van der Waals surface area (Å²) in [6.07, 6.45) is 5.67.